The molecule has 1 N–H and O–H groups in total. The van der Waals surface area contributed by atoms with Gasteiger partial charge < -0.3 is 14.2 Å². The Bertz CT molecular complexity index is 786. The molecule has 0 spiro atoms. The molecule has 3 rings (SSSR count). The van der Waals surface area contributed by atoms with Crippen LogP contribution in [0.5, 0.6) is 17.2 Å². The van der Waals surface area contributed by atoms with Crippen molar-refractivity contribution >= 4 is 11.6 Å². The monoisotopic (exact) mass is 326 g/mol. The van der Waals surface area contributed by atoms with Gasteiger partial charge in [0.1, 0.15) is 29.6 Å². The third-order valence-corrected chi connectivity index (χ3v) is 3.63. The van der Waals surface area contributed by atoms with E-state index in [0.717, 1.165) is 11.1 Å². The van der Waals surface area contributed by atoms with E-state index in [9.17, 15) is 4.79 Å². The Hall–Kier alpha value is -3.02. The molecule has 1 aliphatic rings. The maximum Gasteiger partial charge on any atom is 0.277 e. The summed E-state index contributed by atoms with van der Waals surface area (Å²) in [6.07, 6.45) is 0. The van der Waals surface area contributed by atoms with E-state index in [2.05, 4.69) is 10.5 Å². The Morgan fingerprint density at radius 1 is 1.29 bits per heavy atom. The predicted octanol–water partition coefficient (Wildman–Crippen LogP) is 2.30. The number of carbonyl (C=O) groups is 1. The van der Waals surface area contributed by atoms with E-state index in [1.54, 1.807) is 13.2 Å². The summed E-state index contributed by atoms with van der Waals surface area (Å²) < 4.78 is 16.2. The highest BCUT2D eigenvalue weighted by Gasteiger charge is 2.20. The van der Waals surface area contributed by atoms with Crippen LogP contribution in [-0.4, -0.2) is 31.9 Å². The molecule has 1 amide bonds. The first-order chi connectivity index (χ1) is 11.7. The fourth-order valence-electron chi connectivity index (χ4n) is 2.33. The molecule has 0 saturated heterocycles. The SMILES string of the molecule is COc1ccc2c(c1)OC/C2=N/NC(=O)COc1ccccc1C. The molecule has 1 aliphatic heterocycles. The average Bonchev–Trinajstić information content (AvgIpc) is 3.01. The number of ether oxygens (including phenoxy) is 3. The summed E-state index contributed by atoms with van der Waals surface area (Å²) >= 11 is 0. The number of fused-ring (bicyclic) bond motifs is 1. The number of benzene rings is 2. The summed E-state index contributed by atoms with van der Waals surface area (Å²) in [7, 11) is 1.60. The highest BCUT2D eigenvalue weighted by molar-refractivity contribution is 6.06. The lowest BCUT2D eigenvalue weighted by atomic mass is 10.1. The first kappa shape index (κ1) is 15.9. The topological polar surface area (TPSA) is 69.2 Å². The lowest BCUT2D eigenvalue weighted by Crippen LogP contribution is -2.26. The zero-order chi connectivity index (χ0) is 16.9. The molecule has 0 saturated carbocycles. The molecule has 0 fully saturated rings. The van der Waals surface area contributed by atoms with Crippen molar-refractivity contribution in [1.29, 1.82) is 0 Å². The first-order valence-corrected chi connectivity index (χ1v) is 7.52. The second-order valence-electron chi connectivity index (χ2n) is 5.30. The Balaban J connectivity index is 1.59. The van der Waals surface area contributed by atoms with Crippen molar-refractivity contribution in [1.82, 2.24) is 5.43 Å². The van der Waals surface area contributed by atoms with Crippen LogP contribution in [0.15, 0.2) is 47.6 Å². The predicted molar refractivity (Wildman–Crippen MR) is 89.8 cm³/mol. The number of hydrazone groups is 1. The molecule has 124 valence electrons. The van der Waals surface area contributed by atoms with Crippen LogP contribution in [0, 0.1) is 6.92 Å². The second-order valence-corrected chi connectivity index (χ2v) is 5.30. The van der Waals surface area contributed by atoms with Crippen molar-refractivity contribution in [2.24, 2.45) is 5.10 Å². The standard InChI is InChI=1S/C18H18N2O4/c1-12-5-3-4-6-16(12)24-11-18(21)20-19-15-10-23-17-9-13(22-2)7-8-14(15)17/h3-9H,10-11H2,1-2H3,(H,20,21)/b19-15-. The van der Waals surface area contributed by atoms with E-state index in [-0.39, 0.29) is 12.5 Å². The van der Waals surface area contributed by atoms with Crippen molar-refractivity contribution in [2.45, 2.75) is 6.92 Å². The molecule has 2 aromatic rings. The number of para-hydroxylation sites is 1. The summed E-state index contributed by atoms with van der Waals surface area (Å²) in [5.41, 5.74) is 4.98. The molecule has 0 bridgehead atoms. The maximum atomic E-state index is 11.9. The van der Waals surface area contributed by atoms with Gasteiger partial charge in [0.05, 0.1) is 7.11 Å². The molecule has 0 radical (unpaired) electrons. The van der Waals surface area contributed by atoms with Gasteiger partial charge in [0.25, 0.3) is 5.91 Å². The first-order valence-electron chi connectivity index (χ1n) is 7.52. The highest BCUT2D eigenvalue weighted by Crippen LogP contribution is 2.29. The molecular weight excluding hydrogens is 308 g/mol. The third-order valence-electron chi connectivity index (χ3n) is 3.63. The Morgan fingerprint density at radius 3 is 2.92 bits per heavy atom. The van der Waals surface area contributed by atoms with Crippen molar-refractivity contribution in [3.8, 4) is 17.2 Å². The zero-order valence-electron chi connectivity index (χ0n) is 13.5. The van der Waals surface area contributed by atoms with Gasteiger partial charge in [0, 0.05) is 11.6 Å². The van der Waals surface area contributed by atoms with Gasteiger partial charge in [0.15, 0.2) is 6.61 Å². The molecule has 0 unspecified atom stereocenters. The normalized spacial score (nSPS) is 14.0. The van der Waals surface area contributed by atoms with Gasteiger partial charge in [-0.2, -0.15) is 5.10 Å². The van der Waals surface area contributed by atoms with E-state index < -0.39 is 0 Å². The number of amides is 1. The van der Waals surface area contributed by atoms with Crippen LogP contribution in [-0.2, 0) is 4.79 Å². The van der Waals surface area contributed by atoms with Gasteiger partial charge in [-0.15, -0.1) is 0 Å². The zero-order valence-corrected chi connectivity index (χ0v) is 13.5. The number of methoxy groups -OCH3 is 1. The van der Waals surface area contributed by atoms with Crippen molar-refractivity contribution in [2.75, 3.05) is 20.3 Å². The number of nitrogens with zero attached hydrogens (tertiary/aromatic N) is 1. The van der Waals surface area contributed by atoms with E-state index in [1.165, 1.54) is 0 Å². The minimum absolute atomic E-state index is 0.0992. The van der Waals surface area contributed by atoms with Gasteiger partial charge in [-0.05, 0) is 30.7 Å². The van der Waals surface area contributed by atoms with E-state index in [4.69, 9.17) is 14.2 Å². The van der Waals surface area contributed by atoms with Crippen LogP contribution in [0.3, 0.4) is 0 Å². The summed E-state index contributed by atoms with van der Waals surface area (Å²) in [5, 5.41) is 4.13. The fourth-order valence-corrected chi connectivity index (χ4v) is 2.33. The van der Waals surface area contributed by atoms with E-state index >= 15 is 0 Å². The number of nitrogens with one attached hydrogen (secondary N) is 1. The molecule has 1 heterocycles. The fraction of sp³-hybridized carbons (Fsp3) is 0.222. The molecule has 24 heavy (non-hydrogen) atoms. The summed E-state index contributed by atoms with van der Waals surface area (Å²) in [6, 6.07) is 13.0. The Labute approximate surface area is 140 Å². The van der Waals surface area contributed by atoms with Crippen LogP contribution in [0.25, 0.3) is 0 Å². The van der Waals surface area contributed by atoms with Gasteiger partial charge in [-0.25, -0.2) is 5.43 Å². The van der Waals surface area contributed by atoms with Crippen LogP contribution in [0.4, 0.5) is 0 Å². The van der Waals surface area contributed by atoms with Crippen molar-refractivity contribution in [3.63, 3.8) is 0 Å². The molecular formula is C18H18N2O4. The van der Waals surface area contributed by atoms with Crippen LogP contribution >= 0.6 is 0 Å². The number of rotatable bonds is 5. The van der Waals surface area contributed by atoms with Crippen LogP contribution < -0.4 is 19.6 Å². The summed E-state index contributed by atoms with van der Waals surface area (Å²) in [6.45, 7) is 2.13. The maximum absolute atomic E-state index is 11.9. The minimum Gasteiger partial charge on any atom is -0.497 e. The van der Waals surface area contributed by atoms with E-state index in [0.29, 0.717) is 29.6 Å². The number of hydrogen-bond acceptors (Lipinski definition) is 5. The molecule has 6 heteroatoms. The van der Waals surface area contributed by atoms with Gasteiger partial charge in [-0.3, -0.25) is 4.79 Å². The second kappa shape index (κ2) is 7.04. The van der Waals surface area contributed by atoms with Crippen molar-refractivity contribution in [3.05, 3.63) is 53.6 Å². The third kappa shape index (κ3) is 3.48. The smallest absolute Gasteiger partial charge is 0.277 e. The summed E-state index contributed by atoms with van der Waals surface area (Å²) in [5.74, 6) is 1.76. The molecule has 2 aromatic carbocycles. The minimum atomic E-state index is -0.326. The quantitative estimate of drug-likeness (QED) is 0.856. The van der Waals surface area contributed by atoms with Crippen LogP contribution in [0.1, 0.15) is 11.1 Å². The van der Waals surface area contributed by atoms with Gasteiger partial charge >= 0.3 is 0 Å². The molecule has 0 atom stereocenters. The summed E-state index contributed by atoms with van der Waals surface area (Å²) in [4.78, 5) is 11.9. The largest absolute Gasteiger partial charge is 0.497 e. The number of carbonyl (C=O) groups excluding carboxylic acids is 1. The number of hydrogen-bond donors (Lipinski definition) is 1. The van der Waals surface area contributed by atoms with Gasteiger partial charge in [-0.1, -0.05) is 18.2 Å². The highest BCUT2D eigenvalue weighted by atomic mass is 16.5. The Kier molecular flexibility index (Phi) is 4.65. The average molecular weight is 326 g/mol. The lowest BCUT2D eigenvalue weighted by Gasteiger charge is -2.07. The van der Waals surface area contributed by atoms with Crippen LogP contribution in [0.2, 0.25) is 0 Å². The molecule has 0 aromatic heterocycles. The van der Waals surface area contributed by atoms with Gasteiger partial charge in [0.2, 0.25) is 0 Å². The molecule has 6 nitrogen and oxygen atoms in total. The van der Waals surface area contributed by atoms with E-state index in [1.807, 2.05) is 43.3 Å². The van der Waals surface area contributed by atoms with Crippen molar-refractivity contribution < 1.29 is 19.0 Å². The lowest BCUT2D eigenvalue weighted by molar-refractivity contribution is -0.123. The molecule has 0 aliphatic carbocycles. The number of aryl methyl sites for hydroxylation is 1. The Morgan fingerprint density at radius 2 is 2.12 bits per heavy atom.